The van der Waals surface area contributed by atoms with E-state index >= 15 is 0 Å². The molecule has 470 valence electrons. The van der Waals surface area contributed by atoms with Gasteiger partial charge in [-0.15, -0.1) is 25.5 Å². The number of nitrogens with zero attached hydrogens (tertiary/aromatic N) is 23. The lowest BCUT2D eigenvalue weighted by atomic mass is 10.4. The maximum absolute atomic E-state index is 4.60. The van der Waals surface area contributed by atoms with Crippen molar-refractivity contribution < 1.29 is 9.05 Å². The van der Waals surface area contributed by atoms with Crippen molar-refractivity contribution in [3.63, 3.8) is 0 Å². The van der Waals surface area contributed by atoms with Crippen LogP contribution in [0.25, 0.3) is 0 Å². The molecule has 11 aromatic rings. The summed E-state index contributed by atoms with van der Waals surface area (Å²) in [6.45, 7) is 50.8. The summed E-state index contributed by atoms with van der Waals surface area (Å²) < 4.78 is 22.2. The van der Waals surface area contributed by atoms with Crippen molar-refractivity contribution in [2.75, 3.05) is 0 Å². The van der Waals surface area contributed by atoms with E-state index in [-0.39, 0.29) is 0 Å². The molecule has 31 heteroatoms. The lowest BCUT2D eigenvalue weighted by molar-refractivity contribution is 0.373. The van der Waals surface area contributed by atoms with Crippen molar-refractivity contribution in [3.05, 3.63) is 145 Å². The highest BCUT2D eigenvalue weighted by Crippen LogP contribution is 2.05. The third-order valence-electron chi connectivity index (χ3n) is 7.64. The van der Waals surface area contributed by atoms with Gasteiger partial charge in [-0.05, 0) is 144 Å². The molecule has 0 saturated heterocycles. The topological polar surface area (TPSA) is 354 Å². The molecule has 0 atom stereocenters. The third-order valence-corrected chi connectivity index (χ3v) is 9.81. The van der Waals surface area contributed by atoms with Crippen LogP contribution < -0.4 is 0 Å². The van der Waals surface area contributed by atoms with Crippen molar-refractivity contribution in [2.45, 2.75) is 180 Å². The second-order valence-electron chi connectivity index (χ2n) is 13.9. The van der Waals surface area contributed by atoms with Crippen LogP contribution in [0.5, 0.6) is 0 Å². The van der Waals surface area contributed by atoms with Gasteiger partial charge >= 0.3 is 0 Å². The Balaban J connectivity index is -0.000000196. The maximum Gasteiger partial charge on any atom is 0.156 e. The molecule has 3 N–H and O–H groups in total. The standard InChI is InChI=1S/C6H7N.2C4H6N2O.3C4H6N2S.5C3H5N3.6C2H6/c1-6-4-2-3-5-7-6;2*1-3-4(2)7-6-5-3;1-3-5-4(2)7-6-3;2*1-3-4(2)7-6-5-3;1-6-3-2-4-5-6;1-6-4-2-3-5-6;3*1-3-2-4-6-5-3;6*1-2/h2-5H,1H3;5*1-2H3;2*2-3H,1H3;3*2H,1H3,(H,4,5,6);6*1-2H3. The molecule has 11 rings (SSSR count). The largest absolute Gasteiger partial charge is 0.342 e. The zero-order valence-corrected chi connectivity index (χ0v) is 57.6. The van der Waals surface area contributed by atoms with Crippen LogP contribution in [0.3, 0.4) is 0 Å². The van der Waals surface area contributed by atoms with Gasteiger partial charge in [-0.2, -0.15) is 65.6 Å². The summed E-state index contributed by atoms with van der Waals surface area (Å²) in [7, 11) is 3.60. The summed E-state index contributed by atoms with van der Waals surface area (Å²) in [4.78, 5) is 11.9. The fourth-order valence-corrected chi connectivity index (χ4v) is 4.69. The molecule has 0 unspecified atom stereocenters. The van der Waals surface area contributed by atoms with Gasteiger partial charge in [-0.3, -0.25) is 9.67 Å². The van der Waals surface area contributed by atoms with E-state index in [0.29, 0.717) is 0 Å². The molecule has 11 heterocycles. The Labute approximate surface area is 511 Å². The summed E-state index contributed by atoms with van der Waals surface area (Å²) in [5.41, 5.74) is 7.66. The van der Waals surface area contributed by atoms with Crippen molar-refractivity contribution in [2.24, 2.45) is 14.1 Å². The van der Waals surface area contributed by atoms with Gasteiger partial charge in [0.1, 0.15) is 22.2 Å². The molecule has 0 radical (unpaired) electrons. The first-order valence-corrected chi connectivity index (χ1v) is 29.4. The van der Waals surface area contributed by atoms with Crippen LogP contribution in [-0.2, 0) is 14.1 Å². The number of hydrogen-bond acceptors (Lipinski definition) is 26. The number of nitrogens with one attached hydrogen (secondary N) is 3. The quantitative estimate of drug-likeness (QED) is 0.127. The van der Waals surface area contributed by atoms with Crippen LogP contribution in [0.2, 0.25) is 0 Å². The fraction of sp³-hybridized carbons (Fsp3) is 0.528. The average Bonchev–Trinajstić information content (AvgIpc) is 4.34. The molecule has 0 aliphatic carbocycles. The number of aromatic amines is 3. The van der Waals surface area contributed by atoms with Crippen molar-refractivity contribution >= 4 is 34.6 Å². The van der Waals surface area contributed by atoms with Gasteiger partial charge in [0.2, 0.25) is 0 Å². The molecule has 11 aromatic heterocycles. The molecule has 0 spiro atoms. The molecule has 0 fully saturated rings. The Morgan fingerprint density at radius 3 is 0.952 bits per heavy atom. The molecule has 0 amide bonds. The Hall–Kier alpha value is -8.19. The molecule has 0 aliphatic heterocycles. The van der Waals surface area contributed by atoms with Crippen LogP contribution in [0, 0.1) is 96.9 Å². The molecule has 0 aromatic carbocycles. The second-order valence-corrected chi connectivity index (χ2v) is 16.8. The number of rotatable bonds is 0. The van der Waals surface area contributed by atoms with Crippen molar-refractivity contribution in [1.82, 2.24) is 130 Å². The Bertz CT molecular complexity index is 2420. The van der Waals surface area contributed by atoms with Crippen LogP contribution in [0.15, 0.2) is 76.8 Å². The summed E-state index contributed by atoms with van der Waals surface area (Å²) >= 11 is 4.33. The zero-order chi connectivity index (χ0) is 65.5. The predicted octanol–water partition coefficient (Wildman–Crippen LogP) is 12.4. The van der Waals surface area contributed by atoms with Gasteiger partial charge in [-0.1, -0.05) is 103 Å². The molecule has 0 aliphatic rings. The normalized spacial score (nSPS) is 8.24. The van der Waals surface area contributed by atoms with Crippen molar-refractivity contribution in [3.8, 4) is 0 Å². The van der Waals surface area contributed by atoms with Gasteiger partial charge in [0, 0.05) is 52.5 Å². The first-order chi connectivity index (χ1) is 40.4. The molecular formula is C53H98N26O2S3. The highest BCUT2D eigenvalue weighted by molar-refractivity contribution is 7.05. The molecule has 84 heavy (non-hydrogen) atoms. The smallest absolute Gasteiger partial charge is 0.156 e. The van der Waals surface area contributed by atoms with Gasteiger partial charge in [0.25, 0.3) is 0 Å². The van der Waals surface area contributed by atoms with Crippen LogP contribution in [-0.4, -0.2) is 130 Å². The highest BCUT2D eigenvalue weighted by Gasteiger charge is 1.95. The van der Waals surface area contributed by atoms with E-state index < -0.39 is 0 Å². The van der Waals surface area contributed by atoms with Crippen LogP contribution >= 0.6 is 34.6 Å². The SMILES string of the molecule is CC.CC.CC.CC.CC.CC.Cc1ccccn1.Cc1cn[nH]n1.Cc1cn[nH]n1.Cc1cn[nH]n1.Cc1nnoc1C.Cc1nnoc1C.Cc1nnsc1C.Cc1nnsc1C.Cc1nsc(C)n1.Cn1ccnn1.Cn1nccn1. The van der Waals surface area contributed by atoms with E-state index in [0.717, 1.165) is 67.9 Å². The number of H-pyrrole nitrogens is 3. The fourth-order valence-electron chi connectivity index (χ4n) is 3.29. The first kappa shape index (κ1) is 87.1. The Kier molecular flexibility index (Phi) is 66.3. The molecule has 28 nitrogen and oxygen atoms in total. The number of aromatic nitrogens is 26. The summed E-state index contributed by atoms with van der Waals surface area (Å²) in [5.74, 6) is 2.46. The Morgan fingerprint density at radius 2 is 0.857 bits per heavy atom. The number of aryl methyl sites for hydroxylation is 16. The second kappa shape index (κ2) is 64.0. The van der Waals surface area contributed by atoms with E-state index in [1.807, 2.05) is 205 Å². The summed E-state index contributed by atoms with van der Waals surface area (Å²) in [6.07, 6.45) is 13.5. The maximum atomic E-state index is 4.60. The molecule has 0 bridgehead atoms. The van der Waals surface area contributed by atoms with E-state index in [4.69, 9.17) is 0 Å². The summed E-state index contributed by atoms with van der Waals surface area (Å²) in [6, 6.07) is 5.86. The van der Waals surface area contributed by atoms with E-state index in [1.54, 1.807) is 61.3 Å². The lowest BCUT2D eigenvalue weighted by Gasteiger charge is -1.82. The van der Waals surface area contributed by atoms with E-state index in [9.17, 15) is 0 Å². The minimum Gasteiger partial charge on any atom is -0.342 e. The minimum absolute atomic E-state index is 0.792. The minimum atomic E-state index is 0.792. The van der Waals surface area contributed by atoms with Gasteiger partial charge in [-0.25, -0.2) is 4.98 Å². The average molecular weight is 1230 g/mol. The molecule has 0 saturated carbocycles. The van der Waals surface area contributed by atoms with Crippen LogP contribution in [0.1, 0.15) is 161 Å². The van der Waals surface area contributed by atoms with Crippen LogP contribution in [0.4, 0.5) is 0 Å². The number of hydrogen-bond donors (Lipinski definition) is 3. The highest BCUT2D eigenvalue weighted by atomic mass is 32.1. The van der Waals surface area contributed by atoms with E-state index in [2.05, 4.69) is 130 Å². The van der Waals surface area contributed by atoms with Gasteiger partial charge in [0.15, 0.2) is 11.5 Å². The summed E-state index contributed by atoms with van der Waals surface area (Å²) in [5, 5.41) is 66.0. The predicted molar refractivity (Wildman–Crippen MR) is 338 cm³/mol. The zero-order valence-electron chi connectivity index (χ0n) is 55.2. The van der Waals surface area contributed by atoms with Crippen molar-refractivity contribution in [1.29, 1.82) is 0 Å². The third kappa shape index (κ3) is 55.7. The monoisotopic (exact) mass is 1230 g/mol. The lowest BCUT2D eigenvalue weighted by Crippen LogP contribution is -1.89. The van der Waals surface area contributed by atoms with Gasteiger partial charge in [0.05, 0.1) is 65.7 Å². The van der Waals surface area contributed by atoms with Gasteiger partial charge < -0.3 is 9.05 Å². The number of pyridine rings is 1. The first-order valence-electron chi connectivity index (χ1n) is 27.1. The Morgan fingerprint density at radius 1 is 0.452 bits per heavy atom. The molecular weight excluding hydrogens is 1130 g/mol. The van der Waals surface area contributed by atoms with E-state index in [1.165, 1.54) is 49.1 Å².